The van der Waals surface area contributed by atoms with Crippen LogP contribution in [0, 0.1) is 0 Å². The summed E-state index contributed by atoms with van der Waals surface area (Å²) in [5.41, 5.74) is 0. The van der Waals surface area contributed by atoms with Crippen LogP contribution in [0.2, 0.25) is 0 Å². The SMILES string of the molecule is COC(=O)NCCc1nccs1. The maximum Gasteiger partial charge on any atom is 0.406 e. The summed E-state index contributed by atoms with van der Waals surface area (Å²) in [4.78, 5) is 14.7. The minimum absolute atomic E-state index is 0.397. The van der Waals surface area contributed by atoms with Crippen molar-refractivity contribution in [2.45, 2.75) is 6.42 Å². The molecule has 0 unspecified atom stereocenters. The molecule has 1 N–H and O–H groups in total. The van der Waals surface area contributed by atoms with E-state index in [4.69, 9.17) is 0 Å². The molecule has 0 aliphatic heterocycles. The van der Waals surface area contributed by atoms with E-state index in [9.17, 15) is 4.79 Å². The second kappa shape index (κ2) is 4.71. The van der Waals surface area contributed by atoms with E-state index in [1.54, 1.807) is 17.5 Å². The van der Waals surface area contributed by atoms with Crippen LogP contribution >= 0.6 is 11.3 Å². The zero-order chi connectivity index (χ0) is 8.81. The average molecular weight is 186 g/mol. The summed E-state index contributed by atoms with van der Waals surface area (Å²) in [6.07, 6.45) is 2.11. The summed E-state index contributed by atoms with van der Waals surface area (Å²) in [5, 5.41) is 5.51. The number of thiazole rings is 1. The highest BCUT2D eigenvalue weighted by Gasteiger charge is 1.98. The first-order valence-electron chi connectivity index (χ1n) is 3.53. The predicted molar refractivity (Wildman–Crippen MR) is 46.2 cm³/mol. The van der Waals surface area contributed by atoms with E-state index in [1.807, 2.05) is 5.38 Å². The Balaban J connectivity index is 2.15. The fourth-order valence-corrected chi connectivity index (χ4v) is 1.34. The lowest BCUT2D eigenvalue weighted by Gasteiger charge is -2.00. The van der Waals surface area contributed by atoms with Crippen LogP contribution in [-0.2, 0) is 11.2 Å². The van der Waals surface area contributed by atoms with Gasteiger partial charge in [-0.2, -0.15) is 0 Å². The number of aromatic nitrogens is 1. The molecule has 0 aliphatic carbocycles. The summed E-state index contributed by atoms with van der Waals surface area (Å²) in [6.45, 7) is 0.570. The van der Waals surface area contributed by atoms with E-state index >= 15 is 0 Å². The van der Waals surface area contributed by atoms with E-state index in [0.29, 0.717) is 6.54 Å². The van der Waals surface area contributed by atoms with Crippen molar-refractivity contribution in [3.05, 3.63) is 16.6 Å². The molecule has 4 nitrogen and oxygen atoms in total. The van der Waals surface area contributed by atoms with Crippen LogP contribution in [0.3, 0.4) is 0 Å². The maximum absolute atomic E-state index is 10.6. The molecule has 5 heteroatoms. The van der Waals surface area contributed by atoms with Gasteiger partial charge in [-0.3, -0.25) is 0 Å². The largest absolute Gasteiger partial charge is 0.453 e. The number of methoxy groups -OCH3 is 1. The monoisotopic (exact) mass is 186 g/mol. The first-order chi connectivity index (χ1) is 5.83. The summed E-state index contributed by atoms with van der Waals surface area (Å²) >= 11 is 1.58. The molecule has 0 aromatic carbocycles. The Bertz CT molecular complexity index is 236. The third kappa shape index (κ3) is 2.87. The van der Waals surface area contributed by atoms with Crippen LogP contribution in [0.5, 0.6) is 0 Å². The molecule has 12 heavy (non-hydrogen) atoms. The van der Waals surface area contributed by atoms with Gasteiger partial charge in [-0.25, -0.2) is 9.78 Å². The Hall–Kier alpha value is -1.10. The lowest BCUT2D eigenvalue weighted by atomic mass is 10.4. The second-order valence-electron chi connectivity index (χ2n) is 2.09. The molecular weight excluding hydrogens is 176 g/mol. The van der Waals surface area contributed by atoms with Crippen LogP contribution in [0.15, 0.2) is 11.6 Å². The Labute approximate surface area is 74.6 Å². The molecule has 0 atom stereocenters. The normalized spacial score (nSPS) is 9.42. The van der Waals surface area contributed by atoms with Gasteiger partial charge in [-0.15, -0.1) is 11.3 Å². The number of rotatable bonds is 3. The third-order valence-corrected chi connectivity index (χ3v) is 2.12. The van der Waals surface area contributed by atoms with Crippen molar-refractivity contribution in [2.75, 3.05) is 13.7 Å². The number of nitrogens with one attached hydrogen (secondary N) is 1. The van der Waals surface area contributed by atoms with Crippen molar-refractivity contribution in [1.82, 2.24) is 10.3 Å². The van der Waals surface area contributed by atoms with Crippen LogP contribution in [0.4, 0.5) is 4.79 Å². The summed E-state index contributed by atoms with van der Waals surface area (Å²) < 4.78 is 4.40. The standard InChI is InChI=1S/C7H10N2O2S/c1-11-7(10)9-3-2-6-8-4-5-12-6/h4-5H,2-3H2,1H3,(H,9,10). The summed E-state index contributed by atoms with van der Waals surface area (Å²) in [6, 6.07) is 0. The van der Waals surface area contributed by atoms with E-state index in [2.05, 4.69) is 15.0 Å². The van der Waals surface area contributed by atoms with Gasteiger partial charge >= 0.3 is 6.09 Å². The average Bonchev–Trinajstić information content (AvgIpc) is 2.57. The van der Waals surface area contributed by atoms with E-state index in [-0.39, 0.29) is 0 Å². The fraction of sp³-hybridized carbons (Fsp3) is 0.429. The van der Waals surface area contributed by atoms with Crippen molar-refractivity contribution >= 4 is 17.4 Å². The molecule has 1 aromatic heterocycles. The highest BCUT2D eigenvalue weighted by molar-refractivity contribution is 7.09. The zero-order valence-electron chi connectivity index (χ0n) is 6.74. The van der Waals surface area contributed by atoms with Crippen LogP contribution in [0.25, 0.3) is 0 Å². The van der Waals surface area contributed by atoms with Crippen molar-refractivity contribution in [2.24, 2.45) is 0 Å². The number of amides is 1. The number of nitrogens with zero attached hydrogens (tertiary/aromatic N) is 1. The van der Waals surface area contributed by atoms with Gasteiger partial charge in [0.05, 0.1) is 12.1 Å². The Kier molecular flexibility index (Phi) is 3.53. The molecule has 1 rings (SSSR count). The molecule has 1 aromatic rings. The highest BCUT2D eigenvalue weighted by atomic mass is 32.1. The molecule has 1 heterocycles. The number of carbonyl (C=O) groups is 1. The molecule has 1 amide bonds. The number of ether oxygens (including phenoxy) is 1. The molecule has 0 radical (unpaired) electrons. The molecule has 0 bridgehead atoms. The summed E-state index contributed by atoms with van der Waals surface area (Å²) in [5.74, 6) is 0. The van der Waals surface area contributed by atoms with Gasteiger partial charge in [0.15, 0.2) is 0 Å². The minimum Gasteiger partial charge on any atom is -0.453 e. The van der Waals surface area contributed by atoms with E-state index < -0.39 is 6.09 Å². The van der Waals surface area contributed by atoms with Crippen molar-refractivity contribution < 1.29 is 9.53 Å². The van der Waals surface area contributed by atoms with Crippen LogP contribution in [0.1, 0.15) is 5.01 Å². The quantitative estimate of drug-likeness (QED) is 0.767. The zero-order valence-corrected chi connectivity index (χ0v) is 7.56. The van der Waals surface area contributed by atoms with E-state index in [0.717, 1.165) is 11.4 Å². The number of carbonyl (C=O) groups excluding carboxylic acids is 1. The fourth-order valence-electron chi connectivity index (χ4n) is 0.720. The smallest absolute Gasteiger partial charge is 0.406 e. The first kappa shape index (κ1) is 8.99. The molecule has 0 saturated carbocycles. The number of alkyl carbamates (subject to hydrolysis) is 1. The molecule has 0 aliphatic rings. The Morgan fingerprint density at radius 2 is 2.67 bits per heavy atom. The molecule has 66 valence electrons. The second-order valence-corrected chi connectivity index (χ2v) is 3.07. The van der Waals surface area contributed by atoms with Crippen molar-refractivity contribution in [3.8, 4) is 0 Å². The van der Waals surface area contributed by atoms with Gasteiger partial charge < -0.3 is 10.1 Å². The molecule has 0 spiro atoms. The van der Waals surface area contributed by atoms with Crippen molar-refractivity contribution in [3.63, 3.8) is 0 Å². The third-order valence-electron chi connectivity index (χ3n) is 1.28. The Morgan fingerprint density at radius 1 is 1.83 bits per heavy atom. The van der Waals surface area contributed by atoms with Crippen LogP contribution in [-0.4, -0.2) is 24.7 Å². The lowest BCUT2D eigenvalue weighted by molar-refractivity contribution is 0.171. The molecular formula is C7H10N2O2S. The molecule has 0 saturated heterocycles. The topological polar surface area (TPSA) is 51.2 Å². The lowest BCUT2D eigenvalue weighted by Crippen LogP contribution is -2.25. The van der Waals surface area contributed by atoms with Crippen LogP contribution < -0.4 is 5.32 Å². The predicted octanol–water partition coefficient (Wildman–Crippen LogP) is 1.04. The minimum atomic E-state index is -0.397. The maximum atomic E-state index is 10.6. The molecule has 0 fully saturated rings. The van der Waals surface area contributed by atoms with E-state index in [1.165, 1.54) is 7.11 Å². The van der Waals surface area contributed by atoms with Crippen molar-refractivity contribution in [1.29, 1.82) is 0 Å². The van der Waals surface area contributed by atoms with Gasteiger partial charge in [-0.1, -0.05) is 0 Å². The highest BCUT2D eigenvalue weighted by Crippen LogP contribution is 2.03. The van der Waals surface area contributed by atoms with Gasteiger partial charge in [0, 0.05) is 24.5 Å². The van der Waals surface area contributed by atoms with Gasteiger partial charge in [-0.05, 0) is 0 Å². The van der Waals surface area contributed by atoms with Gasteiger partial charge in [0.1, 0.15) is 0 Å². The van der Waals surface area contributed by atoms with Gasteiger partial charge in [0.25, 0.3) is 0 Å². The first-order valence-corrected chi connectivity index (χ1v) is 4.41. The number of hydrogen-bond acceptors (Lipinski definition) is 4. The Morgan fingerprint density at radius 3 is 3.25 bits per heavy atom. The summed E-state index contributed by atoms with van der Waals surface area (Å²) in [7, 11) is 1.35. The van der Waals surface area contributed by atoms with Gasteiger partial charge in [0.2, 0.25) is 0 Å². The number of hydrogen-bond donors (Lipinski definition) is 1.